The van der Waals surface area contributed by atoms with Gasteiger partial charge < -0.3 is 15.4 Å². The molecular weight excluding hydrogens is 312 g/mol. The maximum Gasteiger partial charge on any atom is 0.106 e. The molecule has 1 aliphatic heterocycles. The monoisotopic (exact) mass is 328 g/mol. The number of rotatable bonds is 2. The molecule has 2 rings (SSSR count). The molecule has 98 valence electrons. The predicted octanol–water partition coefficient (Wildman–Crippen LogP) is 2.70. The fourth-order valence-electron chi connectivity index (χ4n) is 2.24. The van der Waals surface area contributed by atoms with Gasteiger partial charge in [0.15, 0.2) is 0 Å². The molecule has 0 bridgehead atoms. The third-order valence-corrected chi connectivity index (χ3v) is 3.87. The molecule has 2 N–H and O–H groups in total. The van der Waals surface area contributed by atoms with Crippen molar-refractivity contribution in [3.8, 4) is 0 Å². The van der Waals surface area contributed by atoms with Crippen molar-refractivity contribution in [2.24, 2.45) is 5.73 Å². The SMILES string of the molecule is CC1(C)COCCN1c1cc(Br)ccc1C(N)=S. The Bertz CT molecular complexity index is 476. The van der Waals surface area contributed by atoms with Crippen molar-refractivity contribution in [2.75, 3.05) is 24.7 Å². The Hall–Kier alpha value is -0.650. The number of halogens is 1. The van der Waals surface area contributed by atoms with Crippen LogP contribution in [0.1, 0.15) is 19.4 Å². The maximum absolute atomic E-state index is 5.82. The topological polar surface area (TPSA) is 38.5 Å². The van der Waals surface area contributed by atoms with E-state index >= 15 is 0 Å². The number of nitrogens with two attached hydrogens (primary N) is 1. The first kappa shape index (κ1) is 13.8. The van der Waals surface area contributed by atoms with Crippen LogP contribution in [0.2, 0.25) is 0 Å². The predicted molar refractivity (Wildman–Crippen MR) is 82.3 cm³/mol. The van der Waals surface area contributed by atoms with E-state index in [1.165, 1.54) is 0 Å². The average molecular weight is 329 g/mol. The van der Waals surface area contributed by atoms with Gasteiger partial charge in [0.05, 0.1) is 18.8 Å². The van der Waals surface area contributed by atoms with Gasteiger partial charge in [-0.1, -0.05) is 28.1 Å². The molecule has 1 aliphatic rings. The number of thiocarbonyl (C=S) groups is 1. The van der Waals surface area contributed by atoms with Gasteiger partial charge in [-0.2, -0.15) is 0 Å². The molecular formula is C13H17BrN2OS. The van der Waals surface area contributed by atoms with Gasteiger partial charge >= 0.3 is 0 Å². The summed E-state index contributed by atoms with van der Waals surface area (Å²) in [5, 5.41) is 0. The molecule has 0 spiro atoms. The van der Waals surface area contributed by atoms with E-state index in [1.807, 2.05) is 12.1 Å². The first-order valence-electron chi connectivity index (χ1n) is 5.86. The summed E-state index contributed by atoms with van der Waals surface area (Å²) in [6.45, 7) is 6.61. The van der Waals surface area contributed by atoms with Gasteiger partial charge in [0.2, 0.25) is 0 Å². The highest BCUT2D eigenvalue weighted by Crippen LogP contribution is 2.32. The number of benzene rings is 1. The summed E-state index contributed by atoms with van der Waals surface area (Å²) in [5.74, 6) is 0. The minimum atomic E-state index is -0.0570. The number of hydrogen-bond donors (Lipinski definition) is 1. The van der Waals surface area contributed by atoms with Crippen molar-refractivity contribution in [1.29, 1.82) is 0 Å². The molecule has 18 heavy (non-hydrogen) atoms. The van der Waals surface area contributed by atoms with Crippen molar-refractivity contribution in [1.82, 2.24) is 0 Å². The van der Waals surface area contributed by atoms with Gasteiger partial charge in [-0.15, -0.1) is 0 Å². The third kappa shape index (κ3) is 2.68. The van der Waals surface area contributed by atoms with E-state index in [9.17, 15) is 0 Å². The van der Waals surface area contributed by atoms with Crippen LogP contribution in [0.3, 0.4) is 0 Å². The Kier molecular flexibility index (Phi) is 3.94. The lowest BCUT2D eigenvalue weighted by molar-refractivity contribution is 0.0644. The van der Waals surface area contributed by atoms with E-state index in [4.69, 9.17) is 22.7 Å². The summed E-state index contributed by atoms with van der Waals surface area (Å²) in [6.07, 6.45) is 0. The molecule has 1 fully saturated rings. The van der Waals surface area contributed by atoms with Gasteiger partial charge in [-0.25, -0.2) is 0 Å². The molecule has 1 aromatic carbocycles. The van der Waals surface area contributed by atoms with Crippen molar-refractivity contribution >= 4 is 38.8 Å². The lowest BCUT2D eigenvalue weighted by atomic mass is 9.99. The van der Waals surface area contributed by atoms with E-state index in [0.717, 1.165) is 28.9 Å². The molecule has 5 heteroatoms. The summed E-state index contributed by atoms with van der Waals surface area (Å²) in [5.41, 5.74) is 7.75. The zero-order valence-electron chi connectivity index (χ0n) is 10.6. The van der Waals surface area contributed by atoms with Crippen LogP contribution < -0.4 is 10.6 Å². The van der Waals surface area contributed by atoms with Crippen LogP contribution in [0.15, 0.2) is 22.7 Å². The highest BCUT2D eigenvalue weighted by atomic mass is 79.9. The van der Waals surface area contributed by atoms with Crippen LogP contribution in [0.5, 0.6) is 0 Å². The highest BCUT2D eigenvalue weighted by molar-refractivity contribution is 9.10. The molecule has 1 heterocycles. The van der Waals surface area contributed by atoms with Gasteiger partial charge in [-0.05, 0) is 32.0 Å². The van der Waals surface area contributed by atoms with E-state index in [1.54, 1.807) is 0 Å². The van der Waals surface area contributed by atoms with Crippen molar-refractivity contribution in [3.63, 3.8) is 0 Å². The second-order valence-corrected chi connectivity index (χ2v) is 6.40. The fourth-order valence-corrected chi connectivity index (χ4v) is 2.76. The molecule has 0 amide bonds. The Morgan fingerprint density at radius 2 is 2.22 bits per heavy atom. The minimum Gasteiger partial charge on any atom is -0.389 e. The molecule has 1 aromatic rings. The molecule has 1 saturated heterocycles. The number of ether oxygens (including phenoxy) is 1. The zero-order chi connectivity index (χ0) is 13.3. The Morgan fingerprint density at radius 3 is 2.83 bits per heavy atom. The van der Waals surface area contributed by atoms with Crippen molar-refractivity contribution in [3.05, 3.63) is 28.2 Å². The van der Waals surface area contributed by atoms with Crippen LogP contribution >= 0.6 is 28.1 Å². The molecule has 0 unspecified atom stereocenters. The van der Waals surface area contributed by atoms with E-state index in [2.05, 4.69) is 40.7 Å². The smallest absolute Gasteiger partial charge is 0.106 e. The first-order chi connectivity index (χ1) is 8.42. The maximum atomic E-state index is 5.82. The summed E-state index contributed by atoms with van der Waals surface area (Å²) in [6, 6.07) is 6.00. The summed E-state index contributed by atoms with van der Waals surface area (Å²) < 4.78 is 6.58. The van der Waals surface area contributed by atoms with Gasteiger partial charge in [0.1, 0.15) is 4.99 Å². The van der Waals surface area contributed by atoms with E-state index in [-0.39, 0.29) is 5.54 Å². The number of nitrogens with zero attached hydrogens (tertiary/aromatic N) is 1. The standard InChI is InChI=1S/C13H17BrN2OS/c1-13(2)8-17-6-5-16(13)11-7-9(14)3-4-10(11)12(15)18/h3-4,7H,5-6,8H2,1-2H3,(H2,15,18). The van der Waals surface area contributed by atoms with E-state index in [0.29, 0.717) is 11.6 Å². The highest BCUT2D eigenvalue weighted by Gasteiger charge is 2.32. The summed E-state index contributed by atoms with van der Waals surface area (Å²) in [7, 11) is 0. The van der Waals surface area contributed by atoms with Crippen LogP contribution in [0.4, 0.5) is 5.69 Å². The van der Waals surface area contributed by atoms with E-state index < -0.39 is 0 Å². The Labute approximate surface area is 121 Å². The van der Waals surface area contributed by atoms with Gasteiger partial charge in [-0.3, -0.25) is 0 Å². The summed E-state index contributed by atoms with van der Waals surface area (Å²) >= 11 is 8.65. The Morgan fingerprint density at radius 1 is 1.50 bits per heavy atom. The minimum absolute atomic E-state index is 0.0570. The number of hydrogen-bond acceptors (Lipinski definition) is 3. The second kappa shape index (κ2) is 5.15. The molecule has 3 nitrogen and oxygen atoms in total. The Balaban J connectivity index is 2.48. The molecule has 0 aliphatic carbocycles. The van der Waals surface area contributed by atoms with Crippen LogP contribution in [0.25, 0.3) is 0 Å². The third-order valence-electron chi connectivity index (χ3n) is 3.16. The van der Waals surface area contributed by atoms with Crippen LogP contribution in [-0.4, -0.2) is 30.3 Å². The largest absolute Gasteiger partial charge is 0.389 e. The van der Waals surface area contributed by atoms with Crippen molar-refractivity contribution in [2.45, 2.75) is 19.4 Å². The van der Waals surface area contributed by atoms with Crippen LogP contribution in [0, 0.1) is 0 Å². The molecule has 0 radical (unpaired) electrons. The normalized spacial score (nSPS) is 18.7. The molecule has 0 saturated carbocycles. The fraction of sp³-hybridized carbons (Fsp3) is 0.462. The number of anilines is 1. The summed E-state index contributed by atoms with van der Waals surface area (Å²) in [4.78, 5) is 2.75. The number of morpholine rings is 1. The zero-order valence-corrected chi connectivity index (χ0v) is 13.0. The second-order valence-electron chi connectivity index (χ2n) is 5.04. The lowest BCUT2D eigenvalue weighted by Crippen LogP contribution is -2.53. The lowest BCUT2D eigenvalue weighted by Gasteiger charge is -2.44. The first-order valence-corrected chi connectivity index (χ1v) is 7.07. The average Bonchev–Trinajstić information content (AvgIpc) is 2.27. The molecule has 0 aromatic heterocycles. The van der Waals surface area contributed by atoms with Gasteiger partial charge in [0.25, 0.3) is 0 Å². The van der Waals surface area contributed by atoms with Crippen molar-refractivity contribution < 1.29 is 4.74 Å². The molecule has 0 atom stereocenters. The van der Waals surface area contributed by atoms with Gasteiger partial charge in [0, 0.05) is 22.3 Å². The van der Waals surface area contributed by atoms with Crippen LogP contribution in [-0.2, 0) is 4.74 Å². The quantitative estimate of drug-likeness (QED) is 0.847.